The second-order valence-corrected chi connectivity index (χ2v) is 5.13. The third-order valence-electron chi connectivity index (χ3n) is 3.69. The van der Waals surface area contributed by atoms with Crippen molar-refractivity contribution in [2.45, 2.75) is 25.8 Å². The Labute approximate surface area is 113 Å². The number of carboxylic acids is 1. The number of likely N-dealkylation sites (tertiary alicyclic amines) is 1. The molecule has 0 aromatic carbocycles. The monoisotopic (exact) mass is 264 g/mol. The fraction of sp³-hybridized carbons (Fsp3) is 0.615. The van der Waals surface area contributed by atoms with E-state index in [2.05, 4.69) is 21.9 Å². The van der Waals surface area contributed by atoms with Gasteiger partial charge < -0.3 is 14.9 Å². The molecule has 0 radical (unpaired) electrons. The van der Waals surface area contributed by atoms with E-state index in [1.54, 1.807) is 6.92 Å². The molecule has 2 heterocycles. The number of hydrogen-bond donors (Lipinski definition) is 1. The van der Waals surface area contributed by atoms with Crippen LogP contribution in [0, 0.1) is 6.92 Å². The van der Waals surface area contributed by atoms with Crippen molar-refractivity contribution in [2.75, 3.05) is 32.1 Å². The van der Waals surface area contributed by atoms with Gasteiger partial charge in [-0.15, -0.1) is 0 Å². The molecule has 6 nitrogen and oxygen atoms in total. The molecule has 19 heavy (non-hydrogen) atoms. The zero-order valence-electron chi connectivity index (χ0n) is 11.6. The quantitative estimate of drug-likeness (QED) is 0.875. The Hall–Kier alpha value is -1.69. The second-order valence-electron chi connectivity index (χ2n) is 5.13. The first-order chi connectivity index (χ1) is 8.99. The van der Waals surface area contributed by atoms with Crippen LogP contribution in [0.4, 0.5) is 5.95 Å². The minimum atomic E-state index is -0.984. The van der Waals surface area contributed by atoms with Gasteiger partial charge in [-0.2, -0.15) is 0 Å². The van der Waals surface area contributed by atoms with Gasteiger partial charge in [0.05, 0.1) is 11.3 Å². The lowest BCUT2D eigenvalue weighted by atomic mass is 10.2. The SMILES string of the molecule is Cc1nc(N(C)CC2CCCN2C)ncc1C(=O)O. The topological polar surface area (TPSA) is 69.6 Å². The first kappa shape index (κ1) is 13.7. The third-order valence-corrected chi connectivity index (χ3v) is 3.69. The summed E-state index contributed by atoms with van der Waals surface area (Å²) in [6, 6.07) is 0.521. The molecule has 1 unspecified atom stereocenters. The number of carboxylic acid groups (broad SMARTS) is 1. The summed E-state index contributed by atoms with van der Waals surface area (Å²) < 4.78 is 0. The molecule has 1 aliphatic rings. The zero-order chi connectivity index (χ0) is 14.0. The van der Waals surface area contributed by atoms with E-state index < -0.39 is 5.97 Å². The van der Waals surface area contributed by atoms with E-state index in [1.165, 1.54) is 19.0 Å². The number of rotatable bonds is 4. The average molecular weight is 264 g/mol. The molecule has 0 amide bonds. The predicted molar refractivity (Wildman–Crippen MR) is 72.7 cm³/mol. The van der Waals surface area contributed by atoms with Gasteiger partial charge in [-0.1, -0.05) is 0 Å². The van der Waals surface area contributed by atoms with Crippen LogP contribution in [0.2, 0.25) is 0 Å². The molecule has 0 saturated carbocycles. The van der Waals surface area contributed by atoms with Crippen molar-refractivity contribution >= 4 is 11.9 Å². The lowest BCUT2D eigenvalue weighted by molar-refractivity contribution is 0.0695. The molecular formula is C13H20N4O2. The number of nitrogens with zero attached hydrogens (tertiary/aromatic N) is 4. The van der Waals surface area contributed by atoms with Gasteiger partial charge in [0.25, 0.3) is 0 Å². The lowest BCUT2D eigenvalue weighted by Gasteiger charge is -2.26. The van der Waals surface area contributed by atoms with Gasteiger partial charge in [0.2, 0.25) is 5.95 Å². The molecule has 2 rings (SSSR count). The maximum atomic E-state index is 10.9. The number of aryl methyl sites for hydroxylation is 1. The van der Waals surface area contributed by atoms with Gasteiger partial charge >= 0.3 is 5.97 Å². The molecule has 6 heteroatoms. The summed E-state index contributed by atoms with van der Waals surface area (Å²) in [7, 11) is 4.08. The summed E-state index contributed by atoms with van der Waals surface area (Å²) in [5, 5.41) is 8.96. The summed E-state index contributed by atoms with van der Waals surface area (Å²) in [4.78, 5) is 23.7. The molecule has 1 saturated heterocycles. The van der Waals surface area contributed by atoms with E-state index in [4.69, 9.17) is 5.11 Å². The van der Waals surface area contributed by atoms with E-state index in [0.29, 0.717) is 17.7 Å². The van der Waals surface area contributed by atoms with Crippen molar-refractivity contribution < 1.29 is 9.90 Å². The number of aromatic nitrogens is 2. The molecule has 0 spiro atoms. The molecule has 1 N–H and O–H groups in total. The van der Waals surface area contributed by atoms with Crippen LogP contribution in [0.15, 0.2) is 6.20 Å². The Morgan fingerprint density at radius 3 is 2.89 bits per heavy atom. The van der Waals surface area contributed by atoms with Crippen LogP contribution < -0.4 is 4.90 Å². The number of likely N-dealkylation sites (N-methyl/N-ethyl adjacent to an activating group) is 2. The van der Waals surface area contributed by atoms with Crippen molar-refractivity contribution in [3.8, 4) is 0 Å². The smallest absolute Gasteiger partial charge is 0.339 e. The van der Waals surface area contributed by atoms with Gasteiger partial charge in [0, 0.05) is 25.8 Å². The molecule has 1 fully saturated rings. The lowest BCUT2D eigenvalue weighted by Crippen LogP contribution is -2.37. The van der Waals surface area contributed by atoms with Crippen LogP contribution in [0.1, 0.15) is 28.9 Å². The third kappa shape index (κ3) is 3.01. The number of hydrogen-bond acceptors (Lipinski definition) is 5. The molecule has 1 aromatic heterocycles. The number of anilines is 1. The van der Waals surface area contributed by atoms with Crippen molar-refractivity contribution in [2.24, 2.45) is 0 Å². The number of aromatic carboxylic acids is 1. The largest absolute Gasteiger partial charge is 0.478 e. The van der Waals surface area contributed by atoms with Crippen LogP contribution in [-0.4, -0.2) is 59.2 Å². The second kappa shape index (κ2) is 5.52. The predicted octanol–water partition coefficient (Wildman–Crippen LogP) is 1.01. The maximum absolute atomic E-state index is 10.9. The van der Waals surface area contributed by atoms with Crippen molar-refractivity contribution in [1.29, 1.82) is 0 Å². The zero-order valence-corrected chi connectivity index (χ0v) is 11.6. The first-order valence-corrected chi connectivity index (χ1v) is 6.47. The number of carbonyl (C=O) groups is 1. The molecule has 104 valence electrons. The van der Waals surface area contributed by atoms with Crippen LogP contribution >= 0.6 is 0 Å². The Balaban J connectivity index is 2.09. The van der Waals surface area contributed by atoms with E-state index in [-0.39, 0.29) is 5.56 Å². The van der Waals surface area contributed by atoms with Crippen molar-refractivity contribution in [1.82, 2.24) is 14.9 Å². The van der Waals surface area contributed by atoms with Gasteiger partial charge in [0.15, 0.2) is 0 Å². The Morgan fingerprint density at radius 1 is 1.63 bits per heavy atom. The molecule has 1 aliphatic heterocycles. The van der Waals surface area contributed by atoms with E-state index in [9.17, 15) is 4.79 Å². The maximum Gasteiger partial charge on any atom is 0.339 e. The summed E-state index contributed by atoms with van der Waals surface area (Å²) >= 11 is 0. The fourth-order valence-electron chi connectivity index (χ4n) is 2.46. The van der Waals surface area contributed by atoms with Gasteiger partial charge in [-0.3, -0.25) is 0 Å². The summed E-state index contributed by atoms with van der Waals surface area (Å²) in [6.45, 7) is 3.70. The fourth-order valence-corrected chi connectivity index (χ4v) is 2.46. The van der Waals surface area contributed by atoms with Gasteiger partial charge in [0.1, 0.15) is 0 Å². The van der Waals surface area contributed by atoms with E-state index in [1.807, 2.05) is 11.9 Å². The van der Waals surface area contributed by atoms with Gasteiger partial charge in [-0.25, -0.2) is 14.8 Å². The standard InChI is InChI=1S/C13H20N4O2/c1-9-11(12(18)19)7-14-13(15-9)17(3)8-10-5-4-6-16(10)2/h7,10H,4-6,8H2,1-3H3,(H,18,19). The van der Waals surface area contributed by atoms with E-state index in [0.717, 1.165) is 13.1 Å². The highest BCUT2D eigenvalue weighted by Crippen LogP contribution is 2.17. The molecule has 1 atom stereocenters. The summed E-state index contributed by atoms with van der Waals surface area (Å²) in [5.74, 6) is -0.398. The molecule has 0 aliphatic carbocycles. The average Bonchev–Trinajstić information content (AvgIpc) is 2.74. The highest BCUT2D eigenvalue weighted by Gasteiger charge is 2.23. The van der Waals surface area contributed by atoms with E-state index >= 15 is 0 Å². The Morgan fingerprint density at radius 2 is 2.37 bits per heavy atom. The molecule has 1 aromatic rings. The van der Waals surface area contributed by atoms with Crippen molar-refractivity contribution in [3.05, 3.63) is 17.5 Å². The van der Waals surface area contributed by atoms with Gasteiger partial charge in [-0.05, 0) is 33.4 Å². The molecular weight excluding hydrogens is 244 g/mol. The Kier molecular flexibility index (Phi) is 3.99. The van der Waals surface area contributed by atoms with Crippen LogP contribution in [0.25, 0.3) is 0 Å². The minimum Gasteiger partial charge on any atom is -0.478 e. The highest BCUT2D eigenvalue weighted by atomic mass is 16.4. The van der Waals surface area contributed by atoms with Crippen molar-refractivity contribution in [3.63, 3.8) is 0 Å². The highest BCUT2D eigenvalue weighted by molar-refractivity contribution is 5.88. The first-order valence-electron chi connectivity index (χ1n) is 6.47. The Bertz CT molecular complexity index is 478. The minimum absolute atomic E-state index is 0.162. The molecule has 0 bridgehead atoms. The summed E-state index contributed by atoms with van der Waals surface area (Å²) in [6.07, 6.45) is 3.80. The van der Waals surface area contributed by atoms with Crippen LogP contribution in [0.3, 0.4) is 0 Å². The van der Waals surface area contributed by atoms with Crippen LogP contribution in [-0.2, 0) is 0 Å². The summed E-state index contributed by atoms with van der Waals surface area (Å²) in [5.41, 5.74) is 0.666. The van der Waals surface area contributed by atoms with Crippen LogP contribution in [0.5, 0.6) is 0 Å². The normalized spacial score (nSPS) is 19.6.